The van der Waals surface area contributed by atoms with Crippen molar-refractivity contribution in [3.05, 3.63) is 45.7 Å². The molecule has 0 amide bonds. The molecule has 0 aromatic carbocycles. The van der Waals surface area contributed by atoms with E-state index in [4.69, 9.17) is 19.9 Å². The minimum absolute atomic E-state index is 0.135. The van der Waals surface area contributed by atoms with E-state index in [9.17, 15) is 14.9 Å². The highest BCUT2D eigenvalue weighted by atomic mass is 16.8. The third kappa shape index (κ3) is 8.85. The van der Waals surface area contributed by atoms with Crippen molar-refractivity contribution in [3.63, 3.8) is 0 Å². The van der Waals surface area contributed by atoms with Crippen molar-refractivity contribution >= 4 is 5.97 Å². The van der Waals surface area contributed by atoms with Gasteiger partial charge >= 0.3 is 11.8 Å². The van der Waals surface area contributed by atoms with Gasteiger partial charge in [-0.2, -0.15) is 0 Å². The number of esters is 1. The molecule has 0 aliphatic carbocycles. The summed E-state index contributed by atoms with van der Waals surface area (Å²) >= 11 is 0. The van der Waals surface area contributed by atoms with Crippen LogP contribution in [0.5, 0.6) is 0 Å². The maximum atomic E-state index is 11.5. The molecule has 2 aliphatic heterocycles. The highest BCUT2D eigenvalue weighted by molar-refractivity contribution is 5.69. The Bertz CT molecular complexity index is 708. The fourth-order valence-electron chi connectivity index (χ4n) is 3.36. The Hall–Kier alpha value is -2.63. The van der Waals surface area contributed by atoms with Crippen molar-refractivity contribution in [2.24, 2.45) is 0 Å². The zero-order valence-electron chi connectivity index (χ0n) is 18.3. The summed E-state index contributed by atoms with van der Waals surface area (Å²) < 4.78 is 4.86. The number of hydroxylamine groups is 3. The lowest BCUT2D eigenvalue weighted by atomic mass is 10.1. The van der Waals surface area contributed by atoms with E-state index in [2.05, 4.69) is 10.8 Å². The van der Waals surface area contributed by atoms with Crippen LogP contribution in [0.2, 0.25) is 0 Å². The Morgan fingerprint density at radius 2 is 1.81 bits per heavy atom. The van der Waals surface area contributed by atoms with Gasteiger partial charge in [0.15, 0.2) is 0 Å². The summed E-state index contributed by atoms with van der Waals surface area (Å²) in [5.41, 5.74) is 3.92. The molecule has 2 aliphatic rings. The first kappa shape index (κ1) is 25.6. The van der Waals surface area contributed by atoms with E-state index >= 15 is 0 Å². The minimum atomic E-state index is -0.998. The Balaban J connectivity index is 1.42. The van der Waals surface area contributed by atoms with Crippen LogP contribution in [-0.2, 0) is 14.5 Å². The van der Waals surface area contributed by atoms with Gasteiger partial charge in [0, 0.05) is 19.0 Å². The van der Waals surface area contributed by atoms with Crippen molar-refractivity contribution in [2.45, 2.75) is 70.3 Å². The van der Waals surface area contributed by atoms with Crippen LogP contribution in [0.3, 0.4) is 0 Å². The molecule has 1 atom stereocenters. The van der Waals surface area contributed by atoms with Crippen LogP contribution >= 0.6 is 0 Å². The summed E-state index contributed by atoms with van der Waals surface area (Å²) in [7, 11) is 0. The second kappa shape index (κ2) is 14.4. The molecule has 0 saturated heterocycles. The molecule has 32 heavy (non-hydrogen) atoms. The zero-order valence-corrected chi connectivity index (χ0v) is 18.3. The Kier molecular flexibility index (Phi) is 11.6. The smallest absolute Gasteiger partial charge is 0.355 e. The van der Waals surface area contributed by atoms with E-state index in [0.717, 1.165) is 62.3 Å². The van der Waals surface area contributed by atoms with Gasteiger partial charge in [-0.1, -0.05) is 49.9 Å². The second-order valence-corrected chi connectivity index (χ2v) is 7.77. The maximum Gasteiger partial charge on any atom is 0.355 e. The van der Waals surface area contributed by atoms with Gasteiger partial charge in [0.25, 0.3) is 0 Å². The molecule has 180 valence electrons. The average Bonchev–Trinajstić information content (AvgIpc) is 3.28. The summed E-state index contributed by atoms with van der Waals surface area (Å²) in [5.74, 6) is -0.463. The molecule has 0 spiro atoms. The summed E-state index contributed by atoms with van der Waals surface area (Å²) in [6, 6.07) is 0. The molecule has 0 aromatic heterocycles. The predicted octanol–water partition coefficient (Wildman–Crippen LogP) is 1.98. The number of aliphatic hydroxyl groups is 2. The van der Waals surface area contributed by atoms with Crippen LogP contribution in [0.15, 0.2) is 35.6 Å². The first-order chi connectivity index (χ1) is 15.5. The molecule has 0 fully saturated rings. The van der Waals surface area contributed by atoms with Crippen molar-refractivity contribution in [1.82, 2.24) is 15.9 Å². The SMILES string of the molecule is O=C(CCCCCCCCCCCNC1=CC=C([N+](=O)[O-])N2ONC=C12)OC[C@@H](O)CO. The van der Waals surface area contributed by atoms with Crippen molar-refractivity contribution in [2.75, 3.05) is 19.8 Å². The van der Waals surface area contributed by atoms with Crippen LogP contribution in [-0.4, -0.2) is 52.0 Å². The monoisotopic (exact) mass is 454 g/mol. The van der Waals surface area contributed by atoms with Crippen LogP contribution < -0.4 is 10.8 Å². The van der Waals surface area contributed by atoms with Gasteiger partial charge in [-0.25, -0.2) is 5.48 Å². The molecular formula is C21H34N4O7. The first-order valence-corrected chi connectivity index (χ1v) is 11.2. The number of rotatable bonds is 17. The molecule has 2 heterocycles. The number of carbonyl (C=O) groups excluding carboxylic acids is 1. The van der Waals surface area contributed by atoms with Gasteiger partial charge in [0.2, 0.25) is 5.70 Å². The van der Waals surface area contributed by atoms with Gasteiger partial charge in [-0.05, 0) is 28.9 Å². The number of carbonyl (C=O) groups is 1. The topological polar surface area (TPSA) is 146 Å². The number of nitrogens with one attached hydrogen (secondary N) is 2. The van der Waals surface area contributed by atoms with Gasteiger partial charge in [0.1, 0.15) is 12.7 Å². The molecule has 0 unspecified atom stereocenters. The number of ether oxygens (including phenoxy) is 1. The third-order valence-corrected chi connectivity index (χ3v) is 5.15. The highest BCUT2D eigenvalue weighted by Gasteiger charge is 2.37. The van der Waals surface area contributed by atoms with Gasteiger partial charge in [0.05, 0.1) is 18.5 Å². The molecule has 4 N–H and O–H groups in total. The summed E-state index contributed by atoms with van der Waals surface area (Å²) in [4.78, 5) is 27.0. The molecule has 2 rings (SSSR count). The zero-order chi connectivity index (χ0) is 23.2. The standard InChI is InChI=1S/C21H34N4O7/c26-15-17(27)16-31-21(28)10-8-6-4-2-1-3-5-7-9-13-22-18-11-12-20(25(29)30)24-19(18)14-23-32-24/h11-12,14,17,22-23,26-27H,1-10,13,15-16H2/t17-/m0/s1. The van der Waals surface area contributed by atoms with Crippen molar-refractivity contribution in [3.8, 4) is 0 Å². The fourth-order valence-corrected chi connectivity index (χ4v) is 3.36. The molecule has 0 aromatic rings. The van der Waals surface area contributed by atoms with E-state index in [-0.39, 0.29) is 18.4 Å². The van der Waals surface area contributed by atoms with Crippen molar-refractivity contribution < 1.29 is 29.6 Å². The quantitative estimate of drug-likeness (QED) is 0.111. The molecule has 11 nitrogen and oxygen atoms in total. The second-order valence-electron chi connectivity index (χ2n) is 7.77. The third-order valence-electron chi connectivity index (χ3n) is 5.15. The Morgan fingerprint density at radius 3 is 2.47 bits per heavy atom. The van der Waals surface area contributed by atoms with Gasteiger partial charge in [-0.3, -0.25) is 4.79 Å². The molecule has 0 radical (unpaired) electrons. The lowest BCUT2D eigenvalue weighted by molar-refractivity contribution is -0.465. The molecule has 0 bridgehead atoms. The molecule has 11 heteroatoms. The lowest BCUT2D eigenvalue weighted by Gasteiger charge is -2.18. The van der Waals surface area contributed by atoms with E-state index in [1.165, 1.54) is 18.9 Å². The number of nitrogens with zero attached hydrogens (tertiary/aromatic N) is 2. The minimum Gasteiger partial charge on any atom is -0.463 e. The maximum absolute atomic E-state index is 11.5. The molecular weight excluding hydrogens is 420 g/mol. The van der Waals surface area contributed by atoms with Crippen LogP contribution in [0.25, 0.3) is 0 Å². The Morgan fingerprint density at radius 1 is 1.16 bits per heavy atom. The lowest BCUT2D eigenvalue weighted by Crippen LogP contribution is -2.31. The summed E-state index contributed by atoms with van der Waals surface area (Å²) in [6.45, 7) is 0.227. The number of hydrogen-bond acceptors (Lipinski definition) is 10. The van der Waals surface area contributed by atoms with Crippen LogP contribution in [0, 0.1) is 10.1 Å². The highest BCUT2D eigenvalue weighted by Crippen LogP contribution is 2.26. The van der Waals surface area contributed by atoms with Crippen LogP contribution in [0.1, 0.15) is 64.2 Å². The first-order valence-electron chi connectivity index (χ1n) is 11.2. The van der Waals surface area contributed by atoms with Gasteiger partial charge < -0.3 is 30.4 Å². The Labute approximate surface area is 187 Å². The number of aliphatic hydroxyl groups excluding tert-OH is 2. The van der Waals surface area contributed by atoms with E-state index in [1.54, 1.807) is 12.3 Å². The number of unbranched alkanes of at least 4 members (excludes halogenated alkanes) is 8. The fraction of sp³-hybridized carbons (Fsp3) is 0.667. The normalized spacial score (nSPS) is 15.8. The van der Waals surface area contributed by atoms with Gasteiger partial charge in [-0.15, -0.1) is 0 Å². The predicted molar refractivity (Wildman–Crippen MR) is 116 cm³/mol. The largest absolute Gasteiger partial charge is 0.463 e. The molecule has 0 saturated carbocycles. The van der Waals surface area contributed by atoms with Crippen LogP contribution in [0.4, 0.5) is 0 Å². The van der Waals surface area contributed by atoms with E-state index in [0.29, 0.717) is 12.1 Å². The van der Waals surface area contributed by atoms with Crippen molar-refractivity contribution in [1.29, 1.82) is 0 Å². The number of fused-ring (bicyclic) bond motifs is 1. The number of nitro groups is 1. The number of allylic oxidation sites excluding steroid dienone is 2. The summed E-state index contributed by atoms with van der Waals surface area (Å²) in [6.07, 6.45) is 13.7. The van der Waals surface area contributed by atoms with E-state index in [1.807, 2.05) is 0 Å². The summed E-state index contributed by atoms with van der Waals surface area (Å²) in [5, 5.41) is 33.3. The number of hydrogen-bond donors (Lipinski definition) is 4. The van der Waals surface area contributed by atoms with E-state index < -0.39 is 17.6 Å². The average molecular weight is 455 g/mol.